The minimum Gasteiger partial charge on any atom is -0.426 e. The number of H-pyrrole nitrogens is 1. The number of nitrogens with zero attached hydrogens (tertiary/aromatic N) is 3. The molecule has 0 bridgehead atoms. The normalized spacial score (nSPS) is 12.5. The lowest BCUT2D eigenvalue weighted by Gasteiger charge is -2.34. The predicted octanol–water partition coefficient (Wildman–Crippen LogP) is 4.05. The zero-order valence-corrected chi connectivity index (χ0v) is 20.2. The van der Waals surface area contributed by atoms with Crippen molar-refractivity contribution in [3.8, 4) is 23.0 Å². The molecule has 2 aromatic carbocycles. The van der Waals surface area contributed by atoms with E-state index in [2.05, 4.69) is 15.0 Å². The number of nitrogens with two attached hydrogens (primary N) is 1. The minimum absolute atomic E-state index is 0.234. The van der Waals surface area contributed by atoms with E-state index in [0.717, 1.165) is 11.1 Å². The Balaban J connectivity index is 1.56. The molecule has 2 heterocycles. The molecule has 2 aromatic heterocycles. The first-order valence-electron chi connectivity index (χ1n) is 10.9. The molecule has 4 aromatic rings. The van der Waals surface area contributed by atoms with Gasteiger partial charge in [-0.1, -0.05) is 48.0 Å². The Morgan fingerprint density at radius 2 is 1.83 bits per heavy atom. The van der Waals surface area contributed by atoms with Crippen molar-refractivity contribution in [2.24, 2.45) is 5.84 Å². The fraction of sp³-hybridized carbons (Fsp3) is 0.240. The Labute approximate surface area is 207 Å². The van der Waals surface area contributed by atoms with Gasteiger partial charge in [-0.2, -0.15) is 4.98 Å². The average Bonchev–Trinajstić information content (AvgIpc) is 3.23. The molecule has 5 N–H and O–H groups in total. The van der Waals surface area contributed by atoms with Gasteiger partial charge in [0.1, 0.15) is 11.9 Å². The van der Waals surface area contributed by atoms with E-state index in [4.69, 9.17) is 27.3 Å². The van der Waals surface area contributed by atoms with E-state index in [0.29, 0.717) is 33.2 Å². The highest BCUT2D eigenvalue weighted by Crippen LogP contribution is 2.32. The molecule has 0 saturated heterocycles. The van der Waals surface area contributed by atoms with E-state index >= 15 is 0 Å². The van der Waals surface area contributed by atoms with Crippen molar-refractivity contribution in [2.45, 2.75) is 32.4 Å². The molecule has 0 saturated carbocycles. The van der Waals surface area contributed by atoms with Gasteiger partial charge in [0.05, 0.1) is 28.4 Å². The van der Waals surface area contributed by atoms with Crippen molar-refractivity contribution in [3.63, 3.8) is 0 Å². The molecule has 0 aliphatic carbocycles. The number of imidazole rings is 1. The fourth-order valence-corrected chi connectivity index (χ4v) is 3.95. The second kappa shape index (κ2) is 9.63. The predicted molar refractivity (Wildman–Crippen MR) is 133 cm³/mol. The van der Waals surface area contributed by atoms with Crippen molar-refractivity contribution in [2.75, 3.05) is 6.61 Å². The smallest absolute Gasteiger partial charge is 0.301 e. The summed E-state index contributed by atoms with van der Waals surface area (Å²) in [5, 5.41) is 20.5. The molecule has 4 rings (SSSR count). The molecule has 0 spiro atoms. The van der Waals surface area contributed by atoms with Crippen LogP contribution in [-0.2, 0) is 10.3 Å². The lowest BCUT2D eigenvalue weighted by molar-refractivity contribution is -0.134. The van der Waals surface area contributed by atoms with Crippen LogP contribution in [0.2, 0.25) is 5.02 Å². The van der Waals surface area contributed by atoms with Crippen LogP contribution in [0.4, 0.5) is 0 Å². The third-order valence-electron chi connectivity index (χ3n) is 5.86. The highest BCUT2D eigenvalue weighted by Gasteiger charge is 2.28. The molecule has 0 fully saturated rings. The van der Waals surface area contributed by atoms with Crippen LogP contribution in [0.1, 0.15) is 38.0 Å². The summed E-state index contributed by atoms with van der Waals surface area (Å²) in [6.07, 6.45) is -0.940. The maximum atomic E-state index is 11.7. The van der Waals surface area contributed by atoms with Gasteiger partial charge in [-0.25, -0.2) is 10.8 Å². The second-order valence-corrected chi connectivity index (χ2v) is 9.03. The van der Waals surface area contributed by atoms with Crippen molar-refractivity contribution in [3.05, 3.63) is 70.7 Å². The lowest BCUT2D eigenvalue weighted by atomic mass is 9.93. The zero-order valence-electron chi connectivity index (χ0n) is 19.5. The van der Waals surface area contributed by atoms with Crippen LogP contribution in [0, 0.1) is 0 Å². The summed E-state index contributed by atoms with van der Waals surface area (Å²) >= 11 is 6.47. The third kappa shape index (κ3) is 4.98. The first-order valence-corrected chi connectivity index (χ1v) is 11.3. The first-order chi connectivity index (χ1) is 16.6. The highest BCUT2D eigenvalue weighted by molar-refractivity contribution is 6.33. The maximum Gasteiger partial charge on any atom is 0.301 e. The number of fused-ring (bicyclic) bond motifs is 1. The molecule has 35 heavy (non-hydrogen) atoms. The van der Waals surface area contributed by atoms with Crippen LogP contribution in [0.25, 0.3) is 22.4 Å². The molecular weight excluding hydrogens is 470 g/mol. The number of rotatable bonds is 7. The molecule has 182 valence electrons. The summed E-state index contributed by atoms with van der Waals surface area (Å²) in [6.45, 7) is 4.78. The van der Waals surface area contributed by atoms with Gasteiger partial charge in [0.2, 0.25) is 5.91 Å². The highest BCUT2D eigenvalue weighted by atomic mass is 35.5. The Kier molecular flexibility index (Phi) is 6.77. The van der Waals surface area contributed by atoms with Gasteiger partial charge < -0.3 is 19.9 Å². The number of nitrogens with one attached hydrogen (secondary N) is 1. The number of aliphatic hydroxyl groups is 2. The third-order valence-corrected chi connectivity index (χ3v) is 6.15. The van der Waals surface area contributed by atoms with E-state index in [1.165, 1.54) is 11.9 Å². The van der Waals surface area contributed by atoms with Crippen LogP contribution in [0.5, 0.6) is 11.8 Å². The Hall–Kier alpha value is -3.50. The van der Waals surface area contributed by atoms with Gasteiger partial charge in [0, 0.05) is 12.5 Å². The van der Waals surface area contributed by atoms with Crippen LogP contribution in [0.15, 0.2) is 54.6 Å². The first kappa shape index (κ1) is 24.6. The van der Waals surface area contributed by atoms with Gasteiger partial charge in [0.15, 0.2) is 5.65 Å². The molecular formula is C25H26ClN5O4. The number of hydrazine groups is 1. The fourth-order valence-electron chi connectivity index (χ4n) is 3.69. The van der Waals surface area contributed by atoms with E-state index in [1.54, 1.807) is 42.5 Å². The van der Waals surface area contributed by atoms with E-state index in [1.807, 2.05) is 26.0 Å². The van der Waals surface area contributed by atoms with Gasteiger partial charge in [0.25, 0.3) is 0 Å². The second-order valence-electron chi connectivity index (χ2n) is 8.63. The number of carbonyl (C=O) groups is 1. The van der Waals surface area contributed by atoms with Crippen LogP contribution >= 0.6 is 11.6 Å². The molecule has 0 radical (unpaired) electrons. The van der Waals surface area contributed by atoms with Crippen molar-refractivity contribution in [1.29, 1.82) is 0 Å². The summed E-state index contributed by atoms with van der Waals surface area (Å²) < 4.78 is 5.87. The quantitative estimate of drug-likeness (QED) is 0.172. The number of amides is 1. The van der Waals surface area contributed by atoms with Crippen LogP contribution in [-0.4, -0.2) is 42.7 Å². The van der Waals surface area contributed by atoms with Gasteiger partial charge >= 0.3 is 6.01 Å². The van der Waals surface area contributed by atoms with E-state index in [9.17, 15) is 9.90 Å². The molecule has 1 atom stereocenters. The summed E-state index contributed by atoms with van der Waals surface area (Å²) in [4.78, 5) is 23.7. The average molecular weight is 496 g/mol. The molecule has 1 amide bonds. The number of aromatic amines is 1. The van der Waals surface area contributed by atoms with Crippen LogP contribution in [0.3, 0.4) is 0 Å². The number of pyridine rings is 1. The number of aliphatic hydroxyl groups excluding tert-OH is 2. The van der Waals surface area contributed by atoms with E-state index < -0.39 is 11.6 Å². The number of benzene rings is 2. The molecule has 0 aliphatic heterocycles. The monoisotopic (exact) mass is 495 g/mol. The van der Waals surface area contributed by atoms with Crippen molar-refractivity contribution in [1.82, 2.24) is 20.0 Å². The maximum absolute atomic E-state index is 11.7. The Morgan fingerprint density at radius 1 is 1.17 bits per heavy atom. The standard InChI is InChI=1S/C25H26ClN5O4/c1-14(33)31(27)25(2,3)17-8-10-18(11-9-17)35-24-28-20-12-19(26)22(29-23(20)30-24)16-6-4-15(5-7-16)21(34)13-32/h4-12,21,32,34H,13,27H2,1-3H3,(H,28,29,30)/t21-/m0/s1. The zero-order chi connectivity index (χ0) is 25.3. The number of ether oxygens (including phenoxy) is 1. The number of carbonyl (C=O) groups excluding carboxylic acids is 1. The molecule has 0 unspecified atom stereocenters. The summed E-state index contributed by atoms with van der Waals surface area (Å²) in [5.74, 6) is 6.23. The van der Waals surface area contributed by atoms with Gasteiger partial charge in [-0.15, -0.1) is 0 Å². The topological polar surface area (TPSA) is 138 Å². The number of aromatic nitrogens is 3. The summed E-state index contributed by atoms with van der Waals surface area (Å²) in [7, 11) is 0. The molecule has 10 heteroatoms. The molecule has 9 nitrogen and oxygen atoms in total. The van der Waals surface area contributed by atoms with Crippen LogP contribution < -0.4 is 10.6 Å². The summed E-state index contributed by atoms with van der Waals surface area (Å²) in [6, 6.07) is 16.2. The number of hydrogen-bond donors (Lipinski definition) is 4. The van der Waals surface area contributed by atoms with Gasteiger partial charge in [-0.05, 0) is 43.2 Å². The summed E-state index contributed by atoms with van der Waals surface area (Å²) in [5.41, 5.74) is 3.08. The van der Waals surface area contributed by atoms with Crippen molar-refractivity contribution >= 4 is 28.7 Å². The lowest BCUT2D eigenvalue weighted by Crippen LogP contribution is -2.49. The largest absolute Gasteiger partial charge is 0.426 e. The SMILES string of the molecule is CC(=O)N(N)C(C)(C)c1ccc(Oc2nc3nc(-c4ccc([C@@H](O)CO)cc4)c(Cl)cc3[nH]2)cc1. The van der Waals surface area contributed by atoms with Crippen molar-refractivity contribution < 1.29 is 19.7 Å². The minimum atomic E-state index is -0.940. The molecule has 0 aliphatic rings. The van der Waals surface area contributed by atoms with E-state index in [-0.39, 0.29) is 18.5 Å². The Morgan fingerprint density at radius 3 is 2.43 bits per heavy atom. The Bertz CT molecular complexity index is 1350. The number of hydrogen-bond acceptors (Lipinski definition) is 7. The number of halogens is 1. The van der Waals surface area contributed by atoms with Gasteiger partial charge in [-0.3, -0.25) is 9.80 Å².